The molecule has 0 bridgehead atoms. The van der Waals surface area contributed by atoms with Crippen LogP contribution in [-0.2, 0) is 0 Å². The lowest BCUT2D eigenvalue weighted by Gasteiger charge is -2.08. The van der Waals surface area contributed by atoms with Crippen molar-refractivity contribution >= 4 is 0 Å². The van der Waals surface area contributed by atoms with Crippen LogP contribution in [0.3, 0.4) is 0 Å². The third-order valence-electron chi connectivity index (χ3n) is 0.724. The molecule has 0 spiro atoms. The van der Waals surface area contributed by atoms with E-state index in [0.29, 0.717) is 6.54 Å². The van der Waals surface area contributed by atoms with Gasteiger partial charge in [0.2, 0.25) is 0 Å². The molecule has 0 aromatic rings. The van der Waals surface area contributed by atoms with Crippen LogP contribution in [0, 0.1) is 0 Å². The Hall–Kier alpha value is -0.440. The lowest BCUT2D eigenvalue weighted by Crippen LogP contribution is -2.29. The highest BCUT2D eigenvalue weighted by molar-refractivity contribution is 4.72. The predicted molar refractivity (Wildman–Crippen MR) is 33.7 cm³/mol. The van der Waals surface area contributed by atoms with Gasteiger partial charge in [-0.1, -0.05) is 6.08 Å². The van der Waals surface area contributed by atoms with Crippen molar-refractivity contribution in [3.05, 3.63) is 12.7 Å². The van der Waals surface area contributed by atoms with Crippen LogP contribution in [0.4, 0.5) is 8.78 Å². The van der Waals surface area contributed by atoms with E-state index < -0.39 is 5.92 Å². The molecule has 0 amide bonds. The molecular formula is C6H11F2N. The van der Waals surface area contributed by atoms with Gasteiger partial charge in [0.25, 0.3) is 5.92 Å². The smallest absolute Gasteiger partial charge is 0.257 e. The monoisotopic (exact) mass is 135 g/mol. The minimum Gasteiger partial charge on any atom is -0.308 e. The zero-order chi connectivity index (χ0) is 7.33. The second kappa shape index (κ2) is 3.56. The molecule has 0 fully saturated rings. The summed E-state index contributed by atoms with van der Waals surface area (Å²) in [6.07, 6.45) is 1.55. The summed E-state index contributed by atoms with van der Waals surface area (Å²) < 4.78 is 23.9. The van der Waals surface area contributed by atoms with Crippen molar-refractivity contribution in [1.82, 2.24) is 5.32 Å². The quantitative estimate of drug-likeness (QED) is 0.454. The largest absolute Gasteiger partial charge is 0.308 e. The van der Waals surface area contributed by atoms with Crippen molar-refractivity contribution in [1.29, 1.82) is 0 Å². The average molecular weight is 135 g/mol. The molecule has 0 heterocycles. The Kier molecular flexibility index (Phi) is 3.39. The SMILES string of the molecule is C=CCNCC(C)(F)F. The fourth-order valence-corrected chi connectivity index (χ4v) is 0.394. The van der Waals surface area contributed by atoms with Gasteiger partial charge in [0, 0.05) is 13.5 Å². The Balaban J connectivity index is 3.17. The minimum absolute atomic E-state index is 0.279. The molecule has 9 heavy (non-hydrogen) atoms. The highest BCUT2D eigenvalue weighted by Crippen LogP contribution is 2.08. The average Bonchev–Trinajstić information content (AvgIpc) is 1.63. The maximum absolute atomic E-state index is 11.9. The van der Waals surface area contributed by atoms with E-state index in [1.165, 1.54) is 0 Å². The van der Waals surface area contributed by atoms with E-state index in [0.717, 1.165) is 6.92 Å². The van der Waals surface area contributed by atoms with Crippen LogP contribution in [0.25, 0.3) is 0 Å². The summed E-state index contributed by atoms with van der Waals surface area (Å²) in [5, 5.41) is 2.51. The van der Waals surface area contributed by atoms with Crippen LogP contribution in [0.15, 0.2) is 12.7 Å². The van der Waals surface area contributed by atoms with Gasteiger partial charge >= 0.3 is 0 Å². The van der Waals surface area contributed by atoms with Gasteiger partial charge in [0.15, 0.2) is 0 Å². The number of rotatable bonds is 4. The van der Waals surface area contributed by atoms with Gasteiger partial charge in [-0.05, 0) is 0 Å². The van der Waals surface area contributed by atoms with Crippen molar-refractivity contribution in [2.45, 2.75) is 12.8 Å². The van der Waals surface area contributed by atoms with E-state index in [4.69, 9.17) is 0 Å². The van der Waals surface area contributed by atoms with Gasteiger partial charge in [-0.3, -0.25) is 0 Å². The molecule has 0 rings (SSSR count). The molecule has 0 aromatic heterocycles. The highest BCUT2D eigenvalue weighted by Gasteiger charge is 2.18. The third-order valence-corrected chi connectivity index (χ3v) is 0.724. The van der Waals surface area contributed by atoms with Gasteiger partial charge in [-0.25, -0.2) is 8.78 Å². The Morgan fingerprint density at radius 1 is 1.67 bits per heavy atom. The Morgan fingerprint density at radius 3 is 2.56 bits per heavy atom. The molecule has 1 nitrogen and oxygen atoms in total. The zero-order valence-electron chi connectivity index (χ0n) is 5.45. The van der Waals surface area contributed by atoms with Crippen molar-refractivity contribution < 1.29 is 8.78 Å². The van der Waals surface area contributed by atoms with E-state index in [-0.39, 0.29) is 6.54 Å². The van der Waals surface area contributed by atoms with Gasteiger partial charge < -0.3 is 5.32 Å². The molecule has 0 radical (unpaired) electrons. The van der Waals surface area contributed by atoms with E-state index >= 15 is 0 Å². The highest BCUT2D eigenvalue weighted by atomic mass is 19.3. The Bertz CT molecular complexity index is 85.5. The molecule has 0 aliphatic carbocycles. The van der Waals surface area contributed by atoms with E-state index in [1.807, 2.05) is 0 Å². The predicted octanol–water partition coefficient (Wildman–Crippen LogP) is 1.42. The summed E-state index contributed by atoms with van der Waals surface area (Å²) in [6, 6.07) is 0. The molecule has 0 atom stereocenters. The molecule has 3 heteroatoms. The summed E-state index contributed by atoms with van der Waals surface area (Å²) in [4.78, 5) is 0. The molecule has 0 aromatic carbocycles. The fraction of sp³-hybridized carbons (Fsp3) is 0.667. The molecule has 0 saturated heterocycles. The summed E-state index contributed by atoms with van der Waals surface area (Å²) in [7, 11) is 0. The van der Waals surface area contributed by atoms with Gasteiger partial charge in [-0.2, -0.15) is 0 Å². The lowest BCUT2D eigenvalue weighted by atomic mass is 10.4. The number of hydrogen-bond donors (Lipinski definition) is 1. The van der Waals surface area contributed by atoms with Crippen LogP contribution in [0.5, 0.6) is 0 Å². The number of hydrogen-bond acceptors (Lipinski definition) is 1. The zero-order valence-corrected chi connectivity index (χ0v) is 5.45. The van der Waals surface area contributed by atoms with Crippen LogP contribution in [-0.4, -0.2) is 19.0 Å². The van der Waals surface area contributed by atoms with E-state index in [2.05, 4.69) is 11.9 Å². The first-order valence-corrected chi connectivity index (χ1v) is 2.76. The second-order valence-electron chi connectivity index (χ2n) is 1.99. The summed E-state index contributed by atoms with van der Waals surface area (Å²) in [5.41, 5.74) is 0. The first-order chi connectivity index (χ1) is 4.06. The van der Waals surface area contributed by atoms with E-state index in [9.17, 15) is 8.78 Å². The normalized spacial score (nSPS) is 11.4. The van der Waals surface area contributed by atoms with Gasteiger partial charge in [0.05, 0.1) is 6.54 Å². The lowest BCUT2D eigenvalue weighted by molar-refractivity contribution is 0.0237. The first kappa shape index (κ1) is 8.56. The number of halogens is 2. The molecular weight excluding hydrogens is 124 g/mol. The Labute approximate surface area is 53.8 Å². The van der Waals surface area contributed by atoms with Crippen LogP contribution < -0.4 is 5.32 Å². The number of alkyl halides is 2. The maximum Gasteiger partial charge on any atom is 0.257 e. The van der Waals surface area contributed by atoms with Gasteiger partial charge in [0.1, 0.15) is 0 Å². The molecule has 0 unspecified atom stereocenters. The maximum atomic E-state index is 11.9. The number of nitrogens with one attached hydrogen (secondary N) is 1. The molecule has 0 saturated carbocycles. The van der Waals surface area contributed by atoms with Crippen molar-refractivity contribution in [3.8, 4) is 0 Å². The standard InChI is InChI=1S/C6H11F2N/c1-3-4-9-5-6(2,7)8/h3,9H,1,4-5H2,2H3. The van der Waals surface area contributed by atoms with Crippen molar-refractivity contribution in [2.24, 2.45) is 0 Å². The molecule has 1 N–H and O–H groups in total. The minimum atomic E-state index is -2.61. The Morgan fingerprint density at radius 2 is 2.22 bits per heavy atom. The second-order valence-corrected chi connectivity index (χ2v) is 1.99. The molecule has 54 valence electrons. The van der Waals surface area contributed by atoms with E-state index in [1.54, 1.807) is 6.08 Å². The van der Waals surface area contributed by atoms with Crippen LogP contribution in [0.2, 0.25) is 0 Å². The van der Waals surface area contributed by atoms with Gasteiger partial charge in [-0.15, -0.1) is 6.58 Å². The van der Waals surface area contributed by atoms with Crippen LogP contribution >= 0.6 is 0 Å². The molecule has 0 aliphatic heterocycles. The third kappa shape index (κ3) is 7.56. The van der Waals surface area contributed by atoms with Crippen molar-refractivity contribution in [3.63, 3.8) is 0 Å². The summed E-state index contributed by atoms with van der Waals surface area (Å²) in [5.74, 6) is -2.61. The summed E-state index contributed by atoms with van der Waals surface area (Å²) in [6.45, 7) is 4.41. The fourth-order valence-electron chi connectivity index (χ4n) is 0.394. The van der Waals surface area contributed by atoms with Crippen LogP contribution in [0.1, 0.15) is 6.92 Å². The molecule has 0 aliphatic rings. The first-order valence-electron chi connectivity index (χ1n) is 2.76. The summed E-state index contributed by atoms with van der Waals surface area (Å²) >= 11 is 0. The topological polar surface area (TPSA) is 12.0 Å². The van der Waals surface area contributed by atoms with Crippen molar-refractivity contribution in [2.75, 3.05) is 13.1 Å².